The molecule has 1 rings (SSSR count). The highest BCUT2D eigenvalue weighted by Gasteiger charge is 2.24. The van der Waals surface area contributed by atoms with E-state index in [1.165, 1.54) is 25.3 Å². The summed E-state index contributed by atoms with van der Waals surface area (Å²) in [7, 11) is 1.38. The minimum Gasteiger partial charge on any atom is -0.507 e. The maximum Gasteiger partial charge on any atom is 0.326 e. The van der Waals surface area contributed by atoms with Gasteiger partial charge in [-0.2, -0.15) is 0 Å². The molecule has 1 aromatic rings. The number of hydrogen-bond acceptors (Lipinski definition) is 5. The summed E-state index contributed by atoms with van der Waals surface area (Å²) in [4.78, 5) is 33.5. The minimum absolute atomic E-state index is 0.167. The SMILES string of the molecule is COc1ccc(O)c(C(=O)NC(CC(N)=O)C(=O)O)c1. The summed E-state index contributed by atoms with van der Waals surface area (Å²) in [6.45, 7) is 0. The number of benzene rings is 1. The predicted octanol–water partition coefficient (Wildman–Crippen LogP) is -0.541. The summed E-state index contributed by atoms with van der Waals surface area (Å²) < 4.78 is 4.90. The highest BCUT2D eigenvalue weighted by molar-refractivity contribution is 5.99. The number of methoxy groups -OCH3 is 1. The second-order valence-electron chi connectivity index (χ2n) is 3.92. The Hall–Kier alpha value is -2.77. The molecule has 8 heteroatoms. The highest BCUT2D eigenvalue weighted by Crippen LogP contribution is 2.22. The van der Waals surface area contributed by atoms with E-state index in [-0.39, 0.29) is 11.3 Å². The van der Waals surface area contributed by atoms with E-state index in [9.17, 15) is 19.5 Å². The number of carboxylic acids is 1. The fourth-order valence-corrected chi connectivity index (χ4v) is 1.46. The minimum atomic E-state index is -1.47. The summed E-state index contributed by atoms with van der Waals surface area (Å²) in [5, 5.41) is 20.6. The Morgan fingerprint density at radius 2 is 2.05 bits per heavy atom. The number of nitrogens with two attached hydrogens (primary N) is 1. The molecule has 0 radical (unpaired) electrons. The molecule has 0 aliphatic rings. The molecule has 0 aliphatic carbocycles. The molecule has 1 unspecified atom stereocenters. The fraction of sp³-hybridized carbons (Fsp3) is 0.250. The van der Waals surface area contributed by atoms with Crippen LogP contribution in [0.15, 0.2) is 18.2 Å². The van der Waals surface area contributed by atoms with E-state index in [4.69, 9.17) is 15.6 Å². The lowest BCUT2D eigenvalue weighted by molar-refractivity contribution is -0.140. The number of phenolic OH excluding ortho intramolecular Hbond substituents is 1. The van der Waals surface area contributed by atoms with Crippen LogP contribution in [0.1, 0.15) is 16.8 Å². The Morgan fingerprint density at radius 1 is 1.40 bits per heavy atom. The molecule has 20 heavy (non-hydrogen) atoms. The van der Waals surface area contributed by atoms with Gasteiger partial charge in [-0.25, -0.2) is 4.79 Å². The van der Waals surface area contributed by atoms with Crippen LogP contribution < -0.4 is 15.8 Å². The zero-order valence-electron chi connectivity index (χ0n) is 10.6. The number of amides is 2. The van der Waals surface area contributed by atoms with Crippen LogP contribution in [0.5, 0.6) is 11.5 Å². The largest absolute Gasteiger partial charge is 0.507 e. The van der Waals surface area contributed by atoms with Gasteiger partial charge in [0.15, 0.2) is 0 Å². The molecule has 108 valence electrons. The van der Waals surface area contributed by atoms with E-state index in [2.05, 4.69) is 5.32 Å². The van der Waals surface area contributed by atoms with Crippen LogP contribution in [-0.4, -0.2) is 41.1 Å². The number of ether oxygens (including phenoxy) is 1. The summed E-state index contributed by atoms with van der Waals surface area (Å²) >= 11 is 0. The van der Waals surface area contributed by atoms with Crippen molar-refractivity contribution in [3.05, 3.63) is 23.8 Å². The van der Waals surface area contributed by atoms with Gasteiger partial charge in [-0.05, 0) is 18.2 Å². The Labute approximate surface area is 114 Å². The standard InChI is InChI=1S/C12H14N2O6/c1-20-6-2-3-9(15)7(4-6)11(17)14-8(12(18)19)5-10(13)16/h2-4,8,15H,5H2,1H3,(H2,13,16)(H,14,17)(H,18,19). The van der Waals surface area contributed by atoms with Crippen LogP contribution in [0.4, 0.5) is 0 Å². The molecule has 5 N–H and O–H groups in total. The Kier molecular flexibility index (Phi) is 4.90. The van der Waals surface area contributed by atoms with Crippen molar-refractivity contribution in [3.8, 4) is 11.5 Å². The predicted molar refractivity (Wildman–Crippen MR) is 67.4 cm³/mol. The van der Waals surface area contributed by atoms with Crippen LogP contribution in [0.25, 0.3) is 0 Å². The number of primary amides is 1. The molecule has 1 aromatic carbocycles. The van der Waals surface area contributed by atoms with Gasteiger partial charge in [0, 0.05) is 0 Å². The number of carboxylic acid groups (broad SMARTS) is 1. The molecule has 0 saturated carbocycles. The van der Waals surface area contributed by atoms with Gasteiger partial charge in [0.1, 0.15) is 17.5 Å². The third kappa shape index (κ3) is 3.87. The first-order valence-corrected chi connectivity index (χ1v) is 5.54. The molecule has 0 bridgehead atoms. The summed E-state index contributed by atoms with van der Waals surface area (Å²) in [5.41, 5.74) is 4.73. The van der Waals surface area contributed by atoms with Crippen molar-refractivity contribution >= 4 is 17.8 Å². The van der Waals surface area contributed by atoms with Gasteiger partial charge in [-0.15, -0.1) is 0 Å². The molecule has 0 spiro atoms. The van der Waals surface area contributed by atoms with Crippen LogP contribution in [0.2, 0.25) is 0 Å². The number of carbonyl (C=O) groups excluding carboxylic acids is 2. The Bertz CT molecular complexity index is 543. The lowest BCUT2D eigenvalue weighted by atomic mass is 10.1. The number of carbonyl (C=O) groups is 3. The number of aliphatic carboxylic acids is 1. The van der Waals surface area contributed by atoms with Gasteiger partial charge >= 0.3 is 5.97 Å². The van der Waals surface area contributed by atoms with Gasteiger partial charge in [-0.3, -0.25) is 9.59 Å². The van der Waals surface area contributed by atoms with Crippen molar-refractivity contribution in [1.29, 1.82) is 0 Å². The zero-order valence-corrected chi connectivity index (χ0v) is 10.6. The third-order valence-corrected chi connectivity index (χ3v) is 2.46. The van der Waals surface area contributed by atoms with Crippen LogP contribution in [0, 0.1) is 0 Å². The quantitative estimate of drug-likeness (QED) is 0.552. The normalized spacial score (nSPS) is 11.4. The second kappa shape index (κ2) is 6.41. The van der Waals surface area contributed by atoms with Crippen LogP contribution >= 0.6 is 0 Å². The Morgan fingerprint density at radius 3 is 2.55 bits per heavy atom. The number of rotatable bonds is 6. The van der Waals surface area contributed by atoms with Crippen molar-refractivity contribution in [2.45, 2.75) is 12.5 Å². The molecular weight excluding hydrogens is 268 g/mol. The van der Waals surface area contributed by atoms with E-state index < -0.39 is 30.2 Å². The molecule has 8 nitrogen and oxygen atoms in total. The molecule has 0 aliphatic heterocycles. The summed E-state index contributed by atoms with van der Waals surface area (Å²) in [6.07, 6.45) is -0.550. The van der Waals surface area contributed by atoms with E-state index in [1.54, 1.807) is 0 Å². The first-order chi connectivity index (χ1) is 9.35. The lowest BCUT2D eigenvalue weighted by Gasteiger charge is -2.14. The first-order valence-electron chi connectivity index (χ1n) is 5.54. The molecule has 0 saturated heterocycles. The molecule has 1 atom stereocenters. The molecular formula is C12H14N2O6. The van der Waals surface area contributed by atoms with E-state index in [0.29, 0.717) is 5.75 Å². The molecule has 0 heterocycles. The van der Waals surface area contributed by atoms with Crippen molar-refractivity contribution < 1.29 is 29.3 Å². The summed E-state index contributed by atoms with van der Waals surface area (Å²) in [6, 6.07) is 2.45. The average Bonchev–Trinajstić information content (AvgIpc) is 2.37. The van der Waals surface area contributed by atoms with Gasteiger partial charge in [-0.1, -0.05) is 0 Å². The Balaban J connectivity index is 2.94. The fourth-order valence-electron chi connectivity index (χ4n) is 1.46. The zero-order chi connectivity index (χ0) is 15.3. The second-order valence-corrected chi connectivity index (χ2v) is 3.92. The van der Waals surface area contributed by atoms with Crippen molar-refractivity contribution in [3.63, 3.8) is 0 Å². The topological polar surface area (TPSA) is 139 Å². The number of nitrogens with one attached hydrogen (secondary N) is 1. The maximum absolute atomic E-state index is 11.9. The van der Waals surface area contributed by atoms with E-state index >= 15 is 0 Å². The maximum atomic E-state index is 11.9. The number of hydrogen-bond donors (Lipinski definition) is 4. The smallest absolute Gasteiger partial charge is 0.326 e. The van der Waals surface area contributed by atoms with E-state index in [0.717, 1.165) is 0 Å². The van der Waals surface area contributed by atoms with Crippen molar-refractivity contribution in [2.24, 2.45) is 5.73 Å². The third-order valence-electron chi connectivity index (χ3n) is 2.46. The number of aromatic hydroxyl groups is 1. The monoisotopic (exact) mass is 282 g/mol. The van der Waals surface area contributed by atoms with Crippen LogP contribution in [-0.2, 0) is 9.59 Å². The van der Waals surface area contributed by atoms with E-state index in [1.807, 2.05) is 0 Å². The first kappa shape index (κ1) is 15.3. The van der Waals surface area contributed by atoms with Gasteiger partial charge in [0.25, 0.3) is 5.91 Å². The van der Waals surface area contributed by atoms with Gasteiger partial charge in [0.2, 0.25) is 5.91 Å². The summed E-state index contributed by atoms with van der Waals surface area (Å²) in [5.74, 6) is -3.15. The van der Waals surface area contributed by atoms with Crippen molar-refractivity contribution in [2.75, 3.05) is 7.11 Å². The highest BCUT2D eigenvalue weighted by atomic mass is 16.5. The van der Waals surface area contributed by atoms with Gasteiger partial charge < -0.3 is 26.0 Å². The lowest BCUT2D eigenvalue weighted by Crippen LogP contribution is -2.43. The average molecular weight is 282 g/mol. The molecule has 2 amide bonds. The van der Waals surface area contributed by atoms with Gasteiger partial charge in [0.05, 0.1) is 19.1 Å². The van der Waals surface area contributed by atoms with Crippen LogP contribution in [0.3, 0.4) is 0 Å². The molecule has 0 fully saturated rings. The molecule has 0 aromatic heterocycles. The number of phenols is 1. The van der Waals surface area contributed by atoms with Crippen molar-refractivity contribution in [1.82, 2.24) is 5.32 Å².